The van der Waals surface area contributed by atoms with E-state index in [1.54, 1.807) is 26.4 Å². The molecule has 0 saturated heterocycles. The third-order valence-electron chi connectivity index (χ3n) is 3.41. The summed E-state index contributed by atoms with van der Waals surface area (Å²) in [6.07, 6.45) is 0. The van der Waals surface area contributed by atoms with Gasteiger partial charge in [0, 0.05) is 28.9 Å². The Hall–Kier alpha value is -3.08. The van der Waals surface area contributed by atoms with Crippen LogP contribution in [0.1, 0.15) is 0 Å². The number of aromatic nitrogens is 2. The largest absolute Gasteiger partial charge is 0.481 e. The van der Waals surface area contributed by atoms with Gasteiger partial charge in [0.05, 0.1) is 25.6 Å². The highest BCUT2D eigenvalue weighted by Crippen LogP contribution is 2.29. The Morgan fingerprint density at radius 1 is 0.739 bits per heavy atom. The van der Waals surface area contributed by atoms with E-state index in [4.69, 9.17) is 15.2 Å². The minimum atomic E-state index is 0.561. The summed E-state index contributed by atoms with van der Waals surface area (Å²) in [5.41, 5.74) is 10.1. The standard InChI is InChI=1S/C18H17N3O2/c1-22-17-7-3-5-15(20-17)12-9-13(11-14(19)10-12)16-6-4-8-18(21-16)23-2/h3-11H,19H2,1-2H3. The number of hydrogen-bond acceptors (Lipinski definition) is 5. The number of rotatable bonds is 4. The fourth-order valence-electron chi connectivity index (χ4n) is 2.33. The molecular formula is C18H17N3O2. The second kappa shape index (κ2) is 6.36. The first-order valence-electron chi connectivity index (χ1n) is 7.13. The molecule has 2 aromatic heterocycles. The topological polar surface area (TPSA) is 70.3 Å². The maximum Gasteiger partial charge on any atom is 0.213 e. The van der Waals surface area contributed by atoms with Crippen LogP contribution in [0, 0.1) is 0 Å². The number of benzene rings is 1. The lowest BCUT2D eigenvalue weighted by Crippen LogP contribution is -1.94. The third kappa shape index (κ3) is 3.23. The molecule has 0 aliphatic carbocycles. The zero-order valence-electron chi connectivity index (χ0n) is 13.0. The number of nitrogens with zero attached hydrogens (tertiary/aromatic N) is 2. The highest BCUT2D eigenvalue weighted by atomic mass is 16.5. The van der Waals surface area contributed by atoms with Crippen molar-refractivity contribution in [2.75, 3.05) is 20.0 Å². The lowest BCUT2D eigenvalue weighted by molar-refractivity contribution is 0.398. The van der Waals surface area contributed by atoms with Gasteiger partial charge in [-0.25, -0.2) is 9.97 Å². The smallest absolute Gasteiger partial charge is 0.213 e. The van der Waals surface area contributed by atoms with Crippen LogP contribution in [0.3, 0.4) is 0 Å². The van der Waals surface area contributed by atoms with Gasteiger partial charge < -0.3 is 15.2 Å². The number of nitrogens with two attached hydrogens (primary N) is 1. The molecule has 0 amide bonds. The van der Waals surface area contributed by atoms with Crippen molar-refractivity contribution in [2.24, 2.45) is 0 Å². The molecule has 3 rings (SSSR count). The maximum absolute atomic E-state index is 6.06. The van der Waals surface area contributed by atoms with Gasteiger partial charge in [-0.05, 0) is 30.3 Å². The monoisotopic (exact) mass is 307 g/mol. The predicted molar refractivity (Wildman–Crippen MR) is 90.4 cm³/mol. The molecule has 0 radical (unpaired) electrons. The molecule has 0 spiro atoms. The lowest BCUT2D eigenvalue weighted by atomic mass is 10.0. The summed E-state index contributed by atoms with van der Waals surface area (Å²) in [5, 5.41) is 0. The molecule has 0 aliphatic heterocycles. The highest BCUT2D eigenvalue weighted by molar-refractivity contribution is 5.74. The summed E-state index contributed by atoms with van der Waals surface area (Å²) < 4.78 is 10.4. The molecule has 1 aromatic carbocycles. The van der Waals surface area contributed by atoms with Crippen molar-refractivity contribution in [3.05, 3.63) is 54.6 Å². The van der Waals surface area contributed by atoms with Crippen LogP contribution in [0.4, 0.5) is 5.69 Å². The van der Waals surface area contributed by atoms with Gasteiger partial charge in [-0.15, -0.1) is 0 Å². The first-order chi connectivity index (χ1) is 11.2. The number of methoxy groups -OCH3 is 2. The fourth-order valence-corrected chi connectivity index (χ4v) is 2.33. The van der Waals surface area contributed by atoms with Gasteiger partial charge in [-0.2, -0.15) is 0 Å². The van der Waals surface area contributed by atoms with Crippen molar-refractivity contribution < 1.29 is 9.47 Å². The average molecular weight is 307 g/mol. The Morgan fingerprint density at radius 2 is 1.22 bits per heavy atom. The van der Waals surface area contributed by atoms with Crippen molar-refractivity contribution in [2.45, 2.75) is 0 Å². The molecule has 116 valence electrons. The zero-order chi connectivity index (χ0) is 16.2. The van der Waals surface area contributed by atoms with Gasteiger partial charge in [-0.3, -0.25) is 0 Å². The van der Waals surface area contributed by atoms with Crippen LogP contribution in [0.15, 0.2) is 54.6 Å². The van der Waals surface area contributed by atoms with Crippen LogP contribution in [-0.2, 0) is 0 Å². The summed E-state index contributed by atoms with van der Waals surface area (Å²) in [4.78, 5) is 8.90. The number of hydrogen-bond donors (Lipinski definition) is 1. The van der Waals surface area contributed by atoms with Gasteiger partial charge in [0.25, 0.3) is 0 Å². The highest BCUT2D eigenvalue weighted by Gasteiger charge is 2.08. The molecule has 23 heavy (non-hydrogen) atoms. The summed E-state index contributed by atoms with van der Waals surface area (Å²) >= 11 is 0. The van der Waals surface area contributed by atoms with E-state index in [2.05, 4.69) is 9.97 Å². The molecule has 0 aliphatic rings. The minimum Gasteiger partial charge on any atom is -0.481 e. The summed E-state index contributed by atoms with van der Waals surface area (Å²) in [7, 11) is 3.19. The molecule has 2 heterocycles. The molecule has 0 atom stereocenters. The molecular weight excluding hydrogens is 290 g/mol. The third-order valence-corrected chi connectivity index (χ3v) is 3.41. The fraction of sp³-hybridized carbons (Fsp3) is 0.111. The molecule has 5 nitrogen and oxygen atoms in total. The first-order valence-corrected chi connectivity index (χ1v) is 7.13. The quantitative estimate of drug-likeness (QED) is 0.748. The molecule has 0 fully saturated rings. The Labute approximate surface area is 134 Å². The van der Waals surface area contributed by atoms with Crippen LogP contribution in [0.2, 0.25) is 0 Å². The minimum absolute atomic E-state index is 0.561. The number of nitrogen functional groups attached to an aromatic ring is 1. The van der Waals surface area contributed by atoms with E-state index in [-0.39, 0.29) is 0 Å². The first kappa shape index (κ1) is 14.8. The Balaban J connectivity index is 2.08. The Kier molecular flexibility index (Phi) is 4.10. The van der Waals surface area contributed by atoms with Crippen LogP contribution in [0.5, 0.6) is 11.8 Å². The SMILES string of the molecule is COc1cccc(-c2cc(N)cc(-c3cccc(OC)n3)c2)n1. The van der Waals surface area contributed by atoms with Gasteiger partial charge in [0.1, 0.15) is 0 Å². The zero-order valence-corrected chi connectivity index (χ0v) is 13.0. The maximum atomic E-state index is 6.06. The number of anilines is 1. The van der Waals surface area contributed by atoms with Crippen molar-refractivity contribution in [3.8, 4) is 34.3 Å². The van der Waals surface area contributed by atoms with Crippen molar-refractivity contribution >= 4 is 5.69 Å². The molecule has 0 bridgehead atoms. The van der Waals surface area contributed by atoms with Crippen molar-refractivity contribution in [1.82, 2.24) is 9.97 Å². The Bertz CT molecular complexity index is 768. The van der Waals surface area contributed by atoms with E-state index in [1.807, 2.05) is 42.5 Å². The molecule has 0 unspecified atom stereocenters. The average Bonchev–Trinajstić information content (AvgIpc) is 2.61. The predicted octanol–water partition coefficient (Wildman–Crippen LogP) is 3.41. The summed E-state index contributed by atoms with van der Waals surface area (Å²) in [6, 6.07) is 17.0. The molecule has 3 aromatic rings. The van der Waals surface area contributed by atoms with Gasteiger partial charge in [0.15, 0.2) is 0 Å². The lowest BCUT2D eigenvalue weighted by Gasteiger charge is -2.09. The van der Waals surface area contributed by atoms with Gasteiger partial charge in [-0.1, -0.05) is 12.1 Å². The van der Waals surface area contributed by atoms with Crippen LogP contribution < -0.4 is 15.2 Å². The van der Waals surface area contributed by atoms with Crippen LogP contribution in [0.25, 0.3) is 22.5 Å². The van der Waals surface area contributed by atoms with Crippen LogP contribution >= 0.6 is 0 Å². The second-order valence-electron chi connectivity index (χ2n) is 4.97. The number of ether oxygens (including phenoxy) is 2. The van der Waals surface area contributed by atoms with E-state index in [0.29, 0.717) is 17.4 Å². The second-order valence-corrected chi connectivity index (χ2v) is 4.97. The van der Waals surface area contributed by atoms with E-state index in [1.165, 1.54) is 0 Å². The van der Waals surface area contributed by atoms with Crippen LogP contribution in [-0.4, -0.2) is 24.2 Å². The van der Waals surface area contributed by atoms with E-state index < -0.39 is 0 Å². The molecule has 0 saturated carbocycles. The van der Waals surface area contributed by atoms with E-state index in [0.717, 1.165) is 22.5 Å². The summed E-state index contributed by atoms with van der Waals surface area (Å²) in [5.74, 6) is 1.12. The summed E-state index contributed by atoms with van der Waals surface area (Å²) in [6.45, 7) is 0. The molecule has 2 N–H and O–H groups in total. The molecule has 5 heteroatoms. The Morgan fingerprint density at radius 3 is 1.65 bits per heavy atom. The normalized spacial score (nSPS) is 10.3. The van der Waals surface area contributed by atoms with Gasteiger partial charge in [0.2, 0.25) is 11.8 Å². The van der Waals surface area contributed by atoms with E-state index in [9.17, 15) is 0 Å². The van der Waals surface area contributed by atoms with Crippen molar-refractivity contribution in [1.29, 1.82) is 0 Å². The van der Waals surface area contributed by atoms with Crippen molar-refractivity contribution in [3.63, 3.8) is 0 Å². The number of pyridine rings is 2. The van der Waals surface area contributed by atoms with Gasteiger partial charge >= 0.3 is 0 Å². The van der Waals surface area contributed by atoms with E-state index >= 15 is 0 Å².